The van der Waals surface area contributed by atoms with Crippen LogP contribution >= 0.6 is 11.8 Å². The summed E-state index contributed by atoms with van der Waals surface area (Å²) in [4.78, 5) is 0. The molecular weight excluding hydrogens is 226 g/mol. The Labute approximate surface area is 109 Å². The van der Waals surface area contributed by atoms with Crippen LogP contribution < -0.4 is 5.32 Å². The Kier molecular flexibility index (Phi) is 2.73. The molecule has 4 aliphatic carbocycles. The number of nitrogens with one attached hydrogen (secondary N) is 1. The Hall–Kier alpha value is 0.310. The number of rotatable bonds is 2. The molecular formula is C15H25NS. The lowest BCUT2D eigenvalue weighted by atomic mass is 9.54. The molecule has 1 aliphatic heterocycles. The van der Waals surface area contributed by atoms with Crippen LogP contribution in [0.3, 0.4) is 0 Å². The second kappa shape index (κ2) is 4.16. The van der Waals surface area contributed by atoms with Gasteiger partial charge < -0.3 is 5.32 Å². The molecule has 0 spiro atoms. The predicted octanol–water partition coefficient (Wildman–Crippen LogP) is 3.29. The van der Waals surface area contributed by atoms with Gasteiger partial charge in [0, 0.05) is 23.1 Å². The van der Waals surface area contributed by atoms with Crippen molar-refractivity contribution in [3.05, 3.63) is 0 Å². The Morgan fingerprint density at radius 3 is 2.06 bits per heavy atom. The van der Waals surface area contributed by atoms with E-state index in [0.29, 0.717) is 0 Å². The summed E-state index contributed by atoms with van der Waals surface area (Å²) in [6.07, 6.45) is 9.21. The van der Waals surface area contributed by atoms with Gasteiger partial charge >= 0.3 is 0 Å². The molecule has 0 aromatic rings. The van der Waals surface area contributed by atoms with Gasteiger partial charge in [-0.2, -0.15) is 11.8 Å². The fraction of sp³-hybridized carbons (Fsp3) is 1.00. The van der Waals surface area contributed by atoms with Crippen LogP contribution in [0.15, 0.2) is 0 Å². The minimum atomic E-state index is 0.831. The van der Waals surface area contributed by atoms with E-state index < -0.39 is 0 Å². The van der Waals surface area contributed by atoms with Crippen LogP contribution in [0, 0.1) is 23.7 Å². The van der Waals surface area contributed by atoms with Crippen LogP contribution in [0.4, 0.5) is 0 Å². The van der Waals surface area contributed by atoms with Crippen molar-refractivity contribution < 1.29 is 0 Å². The fourth-order valence-electron chi connectivity index (χ4n) is 5.40. The summed E-state index contributed by atoms with van der Waals surface area (Å²) < 4.78 is 0. The van der Waals surface area contributed by atoms with E-state index in [1.807, 2.05) is 0 Å². The molecule has 5 rings (SSSR count). The maximum absolute atomic E-state index is 4.07. The molecule has 0 aromatic carbocycles. The monoisotopic (exact) mass is 251 g/mol. The molecule has 96 valence electrons. The summed E-state index contributed by atoms with van der Waals surface area (Å²) in [6, 6.07) is 1.73. The van der Waals surface area contributed by atoms with E-state index in [9.17, 15) is 0 Å². The summed E-state index contributed by atoms with van der Waals surface area (Å²) in [6.45, 7) is 2.39. The van der Waals surface area contributed by atoms with Crippen LogP contribution in [-0.4, -0.2) is 23.1 Å². The van der Waals surface area contributed by atoms with Crippen molar-refractivity contribution in [1.82, 2.24) is 5.32 Å². The van der Waals surface area contributed by atoms with Crippen LogP contribution in [0.2, 0.25) is 0 Å². The van der Waals surface area contributed by atoms with Crippen molar-refractivity contribution >= 4 is 11.8 Å². The molecule has 1 saturated heterocycles. The van der Waals surface area contributed by atoms with Crippen molar-refractivity contribution in [1.29, 1.82) is 0 Å². The van der Waals surface area contributed by atoms with E-state index >= 15 is 0 Å². The molecule has 2 unspecified atom stereocenters. The van der Waals surface area contributed by atoms with Gasteiger partial charge in [0.2, 0.25) is 0 Å². The topological polar surface area (TPSA) is 12.0 Å². The minimum Gasteiger partial charge on any atom is -0.310 e. The van der Waals surface area contributed by atoms with Crippen LogP contribution in [-0.2, 0) is 0 Å². The zero-order chi connectivity index (χ0) is 11.4. The fourth-order valence-corrected chi connectivity index (χ4v) is 6.56. The summed E-state index contributed by atoms with van der Waals surface area (Å²) in [5, 5.41) is 4.96. The van der Waals surface area contributed by atoms with E-state index in [1.54, 1.807) is 32.1 Å². The van der Waals surface area contributed by atoms with Crippen molar-refractivity contribution in [2.24, 2.45) is 23.7 Å². The van der Waals surface area contributed by atoms with Gasteiger partial charge in [0.05, 0.1) is 0 Å². The maximum Gasteiger partial charge on any atom is 0.0171 e. The minimum absolute atomic E-state index is 0.831. The third-order valence-electron chi connectivity index (χ3n) is 5.85. The van der Waals surface area contributed by atoms with E-state index in [2.05, 4.69) is 24.0 Å². The average molecular weight is 251 g/mol. The van der Waals surface area contributed by atoms with E-state index in [0.717, 1.165) is 41.0 Å². The molecule has 1 heterocycles. The first-order valence-corrected chi connectivity index (χ1v) is 8.70. The van der Waals surface area contributed by atoms with Gasteiger partial charge in [-0.15, -0.1) is 0 Å². The molecule has 17 heavy (non-hydrogen) atoms. The van der Waals surface area contributed by atoms with Crippen molar-refractivity contribution in [2.75, 3.05) is 5.75 Å². The van der Waals surface area contributed by atoms with Gasteiger partial charge in [0.15, 0.2) is 0 Å². The second-order valence-corrected chi connectivity index (χ2v) is 8.67. The van der Waals surface area contributed by atoms with Crippen molar-refractivity contribution in [3.8, 4) is 0 Å². The van der Waals surface area contributed by atoms with Gasteiger partial charge in [-0.1, -0.05) is 6.92 Å². The lowest BCUT2D eigenvalue weighted by Crippen LogP contribution is -2.56. The first kappa shape index (κ1) is 11.2. The van der Waals surface area contributed by atoms with E-state index in [-0.39, 0.29) is 0 Å². The lowest BCUT2D eigenvalue weighted by molar-refractivity contribution is -0.0168. The Balaban J connectivity index is 1.44. The third kappa shape index (κ3) is 1.96. The quantitative estimate of drug-likeness (QED) is 0.808. The highest BCUT2D eigenvalue weighted by atomic mass is 32.2. The predicted molar refractivity (Wildman–Crippen MR) is 74.3 cm³/mol. The zero-order valence-corrected chi connectivity index (χ0v) is 11.7. The van der Waals surface area contributed by atoms with Gasteiger partial charge in [0.1, 0.15) is 0 Å². The highest BCUT2D eigenvalue weighted by Gasteiger charge is 2.48. The zero-order valence-electron chi connectivity index (χ0n) is 10.9. The Bertz CT molecular complexity index is 275. The SMILES string of the molecule is CC1CC(NC2C3CC4CC(C3)CC2C4)CS1. The highest BCUT2D eigenvalue weighted by molar-refractivity contribution is 8.00. The molecule has 4 saturated carbocycles. The Morgan fingerprint density at radius 2 is 1.53 bits per heavy atom. The van der Waals surface area contributed by atoms with E-state index in [4.69, 9.17) is 0 Å². The highest BCUT2D eigenvalue weighted by Crippen LogP contribution is 2.54. The normalized spacial score (nSPS) is 56.6. The molecule has 2 heteroatoms. The summed E-state index contributed by atoms with van der Waals surface area (Å²) in [5.41, 5.74) is 0. The van der Waals surface area contributed by atoms with Crippen LogP contribution in [0.5, 0.6) is 0 Å². The average Bonchev–Trinajstić information content (AvgIpc) is 2.68. The summed E-state index contributed by atoms with van der Waals surface area (Å²) >= 11 is 2.17. The molecule has 5 fully saturated rings. The molecule has 2 atom stereocenters. The molecule has 1 N–H and O–H groups in total. The maximum atomic E-state index is 4.07. The van der Waals surface area contributed by atoms with Gasteiger partial charge in [-0.3, -0.25) is 0 Å². The number of thioether (sulfide) groups is 1. The van der Waals surface area contributed by atoms with Gasteiger partial charge in [-0.25, -0.2) is 0 Å². The molecule has 4 bridgehead atoms. The van der Waals surface area contributed by atoms with Crippen LogP contribution in [0.1, 0.15) is 45.4 Å². The molecule has 0 radical (unpaired) electrons. The third-order valence-corrected chi connectivity index (χ3v) is 7.21. The summed E-state index contributed by atoms with van der Waals surface area (Å²) in [5.74, 6) is 5.70. The Morgan fingerprint density at radius 1 is 0.882 bits per heavy atom. The first-order valence-electron chi connectivity index (χ1n) is 7.65. The molecule has 1 nitrogen and oxygen atoms in total. The molecule has 0 amide bonds. The second-order valence-electron chi connectivity index (χ2n) is 7.20. The van der Waals surface area contributed by atoms with Crippen molar-refractivity contribution in [2.45, 2.75) is 62.8 Å². The van der Waals surface area contributed by atoms with E-state index in [1.165, 1.54) is 12.2 Å². The summed E-state index contributed by atoms with van der Waals surface area (Å²) in [7, 11) is 0. The van der Waals surface area contributed by atoms with Crippen molar-refractivity contribution in [3.63, 3.8) is 0 Å². The smallest absolute Gasteiger partial charge is 0.0171 e. The molecule has 5 aliphatic rings. The first-order chi connectivity index (χ1) is 8.28. The lowest BCUT2D eigenvalue weighted by Gasteiger charge is -2.55. The number of hydrogen-bond donors (Lipinski definition) is 1. The van der Waals surface area contributed by atoms with Gasteiger partial charge in [-0.05, 0) is 62.2 Å². The number of hydrogen-bond acceptors (Lipinski definition) is 2. The standard InChI is InChI=1S/C15H25NS/c1-9-2-14(8-17-9)16-15-12-4-10-3-11(6-12)7-13(15)5-10/h9-16H,2-8H2,1H3. The largest absolute Gasteiger partial charge is 0.310 e. The van der Waals surface area contributed by atoms with Crippen LogP contribution in [0.25, 0.3) is 0 Å². The van der Waals surface area contributed by atoms with Gasteiger partial charge in [0.25, 0.3) is 0 Å². The molecule has 0 aromatic heterocycles.